The number of fused-ring (bicyclic) bond motifs is 8. The number of carbonyl (C=O) groups excluding carboxylic acids is 6. The van der Waals surface area contributed by atoms with E-state index in [0.29, 0.717) is 62.1 Å². The molecule has 133 heavy (non-hydrogen) atoms. The average Bonchev–Trinajstić information content (AvgIpc) is 1.59. The van der Waals surface area contributed by atoms with Gasteiger partial charge in [0.2, 0.25) is 5.91 Å². The molecule has 8 aromatic heterocycles. The number of carbonyl (C=O) groups is 6. The molecule has 52 heteroatoms. The molecule has 708 valence electrons. The van der Waals surface area contributed by atoms with E-state index >= 15 is 0 Å². The minimum atomic E-state index is -4.32. The van der Waals surface area contributed by atoms with Gasteiger partial charge in [0.25, 0.3) is 45.9 Å². The van der Waals surface area contributed by atoms with E-state index in [2.05, 4.69) is 98.3 Å². The number of anilines is 10. The molecule has 15 N–H and O–H groups in total. The molecular formula is C81H91BrF12KN27O11. The first-order valence-electron chi connectivity index (χ1n) is 41.5. The van der Waals surface area contributed by atoms with E-state index in [4.69, 9.17) is 17.2 Å². The summed E-state index contributed by atoms with van der Waals surface area (Å²) < 4.78 is 158. The minimum Gasteiger partial charge on any atom is -0.870 e. The Labute approximate surface area is 798 Å². The maximum Gasteiger partial charge on any atom is 1.00 e. The molecule has 4 saturated heterocycles. The van der Waals surface area contributed by atoms with Crippen LogP contribution in [0.5, 0.6) is 0 Å². The third-order valence-corrected chi connectivity index (χ3v) is 24.6. The van der Waals surface area contributed by atoms with Crippen molar-refractivity contribution in [1.82, 2.24) is 99.0 Å². The number of nitrogens with one attached hydrogen (secondary N) is 8. The molecule has 6 fully saturated rings. The molecule has 0 bridgehead atoms. The number of ketones is 1. The van der Waals surface area contributed by atoms with E-state index in [-0.39, 0.29) is 247 Å². The first-order chi connectivity index (χ1) is 61.6. The van der Waals surface area contributed by atoms with Crippen LogP contribution in [0.3, 0.4) is 0 Å². The Morgan fingerprint density at radius 1 is 0.391 bits per heavy atom. The molecule has 16 heterocycles. The predicted octanol–water partition coefficient (Wildman–Crippen LogP) is 4.13. The van der Waals surface area contributed by atoms with Gasteiger partial charge in [0, 0.05) is 146 Å². The fourth-order valence-corrected chi connectivity index (χ4v) is 18.1. The number of alkyl halides is 12. The predicted molar refractivity (Wildman–Crippen MR) is 454 cm³/mol. The van der Waals surface area contributed by atoms with Gasteiger partial charge in [0.15, 0.2) is 0 Å². The molecule has 8 aliphatic heterocycles. The second-order valence-electron chi connectivity index (χ2n) is 33.8. The summed E-state index contributed by atoms with van der Waals surface area (Å²) in [5, 5.41) is 22.8. The Morgan fingerprint density at radius 3 is 0.955 bits per heavy atom. The number of hydrogen-bond acceptors (Lipinski definition) is 29. The molecule has 2 saturated carbocycles. The summed E-state index contributed by atoms with van der Waals surface area (Å²) in [5.74, 6) is 0.890. The SMILES string of the molecule is Cc1cc(Br)c(=O)n2c1C(=O)NC21CCN(CC(F)(F)F)CC1.Cc1cc(Nc2cc(N)ncn2)c(=O)n2c1C(=O)NC21CCN(CC(F)(F)F)CC1.Cc1cc(Nc2cc(N)ncn2)c(=O)n2c1C(=O)NC21CCN(CC(F)(F)F)CC1.Cc1cc(Nc2cc(NC(=O)C3CC3)ncn2)c(=O)n2c1C(=O)NC21CCN(CC(F)(F)F)CC1.Nc1cc(CC(=O)C2CC2)ncn1.[K+].[OH-]. The fraction of sp³-hybridized carbons (Fsp3) is 0.481. The van der Waals surface area contributed by atoms with Crippen molar-refractivity contribution < 1.29 is 138 Å². The summed E-state index contributed by atoms with van der Waals surface area (Å²) in [6, 6.07) is 12.3. The van der Waals surface area contributed by atoms with E-state index in [0.717, 1.165) is 31.4 Å². The Hall–Kier alpha value is -11.0. The Bertz CT molecular complexity index is 5890. The quantitative estimate of drug-likeness (QED) is 0.0508. The van der Waals surface area contributed by atoms with Crippen molar-refractivity contribution in [2.75, 3.05) is 117 Å². The molecule has 0 atom stereocenters. The van der Waals surface area contributed by atoms with Crippen molar-refractivity contribution in [3.63, 3.8) is 0 Å². The number of pyridine rings is 4. The maximum absolute atomic E-state index is 13.5. The number of piperidine rings is 4. The summed E-state index contributed by atoms with van der Waals surface area (Å²) >= 11 is 3.19. The van der Waals surface area contributed by atoms with Crippen LogP contribution < -0.4 is 133 Å². The van der Waals surface area contributed by atoms with Crippen LogP contribution in [0.2, 0.25) is 0 Å². The number of rotatable bonds is 15. The van der Waals surface area contributed by atoms with Crippen LogP contribution >= 0.6 is 15.9 Å². The van der Waals surface area contributed by atoms with Crippen molar-refractivity contribution in [3.05, 3.63) is 170 Å². The van der Waals surface area contributed by atoms with Crippen LogP contribution in [0.1, 0.15) is 147 Å². The number of aromatic nitrogens is 12. The average molecular weight is 1970 g/mol. The molecule has 0 aromatic carbocycles. The minimum absolute atomic E-state index is 0. The molecule has 2 aliphatic carbocycles. The number of aryl methyl sites for hydroxylation is 4. The molecular weight excluding hydrogens is 1870 g/mol. The molecule has 18 rings (SSSR count). The van der Waals surface area contributed by atoms with Gasteiger partial charge in [-0.3, -0.25) is 85.8 Å². The molecule has 4 spiro atoms. The molecule has 0 unspecified atom stereocenters. The van der Waals surface area contributed by atoms with Gasteiger partial charge in [0.1, 0.15) is 134 Å². The zero-order valence-corrected chi connectivity index (χ0v) is 76.8. The van der Waals surface area contributed by atoms with Gasteiger partial charge >= 0.3 is 76.1 Å². The van der Waals surface area contributed by atoms with Crippen molar-refractivity contribution in [2.24, 2.45) is 11.8 Å². The van der Waals surface area contributed by atoms with Crippen LogP contribution in [-0.4, -0.2) is 222 Å². The van der Waals surface area contributed by atoms with Crippen LogP contribution in [0.4, 0.5) is 110 Å². The number of nitrogens with two attached hydrogens (primary N) is 3. The van der Waals surface area contributed by atoms with Gasteiger partial charge in [-0.1, -0.05) is 0 Å². The van der Waals surface area contributed by atoms with Crippen LogP contribution in [0.15, 0.2) is 97.5 Å². The van der Waals surface area contributed by atoms with E-state index in [1.54, 1.807) is 52.0 Å². The number of amides is 5. The van der Waals surface area contributed by atoms with Gasteiger partial charge in [-0.15, -0.1) is 0 Å². The number of nitrogen functional groups attached to an aromatic ring is 3. The molecule has 5 amide bonds. The third kappa shape index (κ3) is 23.3. The largest absolute Gasteiger partial charge is 1.00 e. The smallest absolute Gasteiger partial charge is 0.870 e. The standard InChI is InChI=1S/C22H24F3N7O3.2C18H20F3N7O2.C14H15BrF3N3O2.C9H11N3O.K.H2O/c1-12-8-14(28-15-9-16(27-11-26-15)29-18(33)13-2-3-13)20(35)32-17(12)19(34)30-21(32)4-6-31(7-5-21)10-22(23,24)25;2*1-10-6-11(25-13-7-12(22)23-9-24-13)16(30)28-14(10)15(29)26-17(28)2-4-27(5-3-17)8-18(19,20)21;1-8-6-9(15)12(23)21-10(8)11(22)19-13(21)2-4-20(5-3-13)7-14(16,17)18;10-9-4-7(11-5-12-9)3-8(13)6-1-2-6;;/h8-9,11,13H,2-7,10H2,1H3,(H,30,34)(H2,26,27,28,29,33);2*6-7,9H,2-5,8H2,1H3,(H,26,29)(H3,22,23,24,25);6H,2-5,7H2,1H3,(H,19,22);4-6H,1-3H2,(H2,10,11,12);;1H2/q;;;;;+1;/p-1. The van der Waals surface area contributed by atoms with Crippen LogP contribution in [0, 0.1) is 39.5 Å². The summed E-state index contributed by atoms with van der Waals surface area (Å²) in [5.41, 5.74) is 15.3. The van der Waals surface area contributed by atoms with Crippen LogP contribution in [-0.2, 0) is 38.7 Å². The van der Waals surface area contributed by atoms with Gasteiger partial charge in [-0.05, 0) is 116 Å². The first-order valence-corrected chi connectivity index (χ1v) is 42.3. The summed E-state index contributed by atoms with van der Waals surface area (Å²) in [7, 11) is 0. The number of Topliss-reactive ketones (excluding diaryl/α,β-unsaturated/α-hetero) is 1. The van der Waals surface area contributed by atoms with Crippen molar-refractivity contribution in [2.45, 2.75) is 159 Å². The number of hydrogen-bond donors (Lipinski definition) is 11. The number of likely N-dealkylation sites (tertiary alicyclic amines) is 4. The van der Waals surface area contributed by atoms with Gasteiger partial charge in [0.05, 0.1) is 36.3 Å². The zero-order chi connectivity index (χ0) is 94.6. The van der Waals surface area contributed by atoms with E-state index in [1.165, 1.54) is 87.4 Å². The van der Waals surface area contributed by atoms with E-state index in [9.17, 15) is 101 Å². The van der Waals surface area contributed by atoms with Crippen molar-refractivity contribution in [3.8, 4) is 0 Å². The van der Waals surface area contributed by atoms with Crippen molar-refractivity contribution >= 4 is 109 Å². The van der Waals surface area contributed by atoms with Crippen molar-refractivity contribution in [1.29, 1.82) is 0 Å². The Kier molecular flexibility index (Phi) is 30.0. The van der Waals surface area contributed by atoms with Crippen LogP contribution in [0.25, 0.3) is 0 Å². The Balaban J connectivity index is 0.000000153. The maximum atomic E-state index is 13.5. The summed E-state index contributed by atoms with van der Waals surface area (Å²) in [6.45, 7) is 3.66. The van der Waals surface area contributed by atoms with E-state index < -0.39 is 108 Å². The number of halogens is 13. The molecule has 0 radical (unpaired) electrons. The van der Waals surface area contributed by atoms with E-state index in [1.807, 2.05) is 0 Å². The molecule has 10 aliphatic rings. The summed E-state index contributed by atoms with van der Waals surface area (Å²) in [6.07, 6.45) is -6.27. The fourth-order valence-electron chi connectivity index (χ4n) is 17.6. The third-order valence-electron chi connectivity index (χ3n) is 24.0. The van der Waals surface area contributed by atoms with Gasteiger partial charge in [-0.2, -0.15) is 52.7 Å². The topological polar surface area (TPSA) is 511 Å². The summed E-state index contributed by atoms with van der Waals surface area (Å²) in [4.78, 5) is 163. The number of nitrogens with zero attached hydrogens (tertiary/aromatic N) is 16. The molecule has 38 nitrogen and oxygen atoms in total. The van der Waals surface area contributed by atoms with Gasteiger partial charge < -0.3 is 65.2 Å². The monoisotopic (exact) mass is 1960 g/mol. The Morgan fingerprint density at radius 2 is 0.662 bits per heavy atom. The second-order valence-corrected chi connectivity index (χ2v) is 34.7. The molecule has 8 aromatic rings. The zero-order valence-electron chi connectivity index (χ0n) is 72.1. The second kappa shape index (κ2) is 39.5. The normalized spacial score (nSPS) is 18.5. The first kappa shape index (κ1) is 101. The van der Waals surface area contributed by atoms with Gasteiger partial charge in [-0.25, -0.2) is 39.9 Å².